The van der Waals surface area contributed by atoms with Crippen LogP contribution in [0.2, 0.25) is 0 Å². The highest BCUT2D eigenvalue weighted by Crippen LogP contribution is 2.39. The number of ketones is 1. The number of rotatable bonds is 5. The molecule has 2 aromatic rings. The topological polar surface area (TPSA) is 70.4 Å². The number of carbonyl (C=O) groups excluding carboxylic acids is 2. The quantitative estimate of drug-likeness (QED) is 0.635. The van der Waals surface area contributed by atoms with Gasteiger partial charge in [-0.15, -0.1) is 0 Å². The zero-order valence-electron chi connectivity index (χ0n) is 17.3. The number of Topliss-reactive ketones (excluding diaryl/α,β-unsaturated/α-hetero) is 1. The van der Waals surface area contributed by atoms with E-state index in [0.717, 1.165) is 24.8 Å². The molecule has 0 radical (unpaired) electrons. The van der Waals surface area contributed by atoms with E-state index in [1.807, 2.05) is 41.3 Å². The first-order chi connectivity index (χ1) is 15.1. The molecule has 2 heterocycles. The van der Waals surface area contributed by atoms with Gasteiger partial charge in [-0.05, 0) is 55.4 Å². The van der Waals surface area contributed by atoms with Crippen LogP contribution >= 0.6 is 0 Å². The van der Waals surface area contributed by atoms with E-state index < -0.39 is 5.82 Å². The van der Waals surface area contributed by atoms with Crippen LogP contribution in [0.4, 0.5) is 9.18 Å². The van der Waals surface area contributed by atoms with Gasteiger partial charge in [0.25, 0.3) is 0 Å². The van der Waals surface area contributed by atoms with E-state index in [9.17, 15) is 14.0 Å². The van der Waals surface area contributed by atoms with Gasteiger partial charge >= 0.3 is 6.09 Å². The normalized spacial score (nSPS) is 22.5. The van der Waals surface area contributed by atoms with Crippen LogP contribution in [0.25, 0.3) is 0 Å². The monoisotopic (exact) mass is 420 g/mol. The summed E-state index contributed by atoms with van der Waals surface area (Å²) < 4.78 is 20.1. The summed E-state index contributed by atoms with van der Waals surface area (Å²) in [6.07, 6.45) is 3.48. The molecule has 2 atom stereocenters. The van der Waals surface area contributed by atoms with E-state index in [-0.39, 0.29) is 48.5 Å². The third-order valence-electron chi connectivity index (χ3n) is 6.34. The molecule has 2 bridgehead atoms. The first-order valence-electron chi connectivity index (χ1n) is 10.8. The first-order valence-corrected chi connectivity index (χ1v) is 10.8. The van der Waals surface area contributed by atoms with Crippen molar-refractivity contribution in [1.29, 1.82) is 5.26 Å². The van der Waals surface area contributed by atoms with Crippen LogP contribution in [-0.2, 0) is 17.8 Å². The van der Waals surface area contributed by atoms with Gasteiger partial charge in [0, 0.05) is 18.0 Å². The molecule has 2 aliphatic rings. The lowest BCUT2D eigenvalue weighted by Crippen LogP contribution is -2.55. The minimum absolute atomic E-state index is 0.0642. The molecule has 0 saturated carbocycles. The van der Waals surface area contributed by atoms with Gasteiger partial charge in [0.2, 0.25) is 0 Å². The smallest absolute Gasteiger partial charge is 0.410 e. The molecule has 0 aromatic heterocycles. The number of hydrogen-bond donors (Lipinski definition) is 0. The van der Waals surface area contributed by atoms with Crippen molar-refractivity contribution in [3.8, 4) is 6.07 Å². The van der Waals surface area contributed by atoms with Crippen LogP contribution in [0.15, 0.2) is 48.5 Å². The third-order valence-corrected chi connectivity index (χ3v) is 6.34. The predicted octanol–water partition coefficient (Wildman–Crippen LogP) is 5.04. The highest BCUT2D eigenvalue weighted by molar-refractivity contribution is 5.98. The predicted molar refractivity (Wildman–Crippen MR) is 113 cm³/mol. The largest absolute Gasteiger partial charge is 0.445 e. The third kappa shape index (κ3) is 4.61. The van der Waals surface area contributed by atoms with E-state index in [1.54, 1.807) is 6.07 Å². The lowest BCUT2D eigenvalue weighted by atomic mass is 9.75. The molecule has 0 aliphatic carbocycles. The number of fused-ring (bicyclic) bond motifs is 2. The van der Waals surface area contributed by atoms with E-state index >= 15 is 0 Å². The number of carbonyl (C=O) groups is 2. The molecule has 2 saturated heterocycles. The van der Waals surface area contributed by atoms with Crippen LogP contribution in [0, 0.1) is 23.1 Å². The van der Waals surface area contributed by atoms with E-state index in [4.69, 9.17) is 10.00 Å². The molecule has 4 rings (SSSR count). The number of piperidine rings is 2. The second-order valence-electron chi connectivity index (χ2n) is 8.37. The molecular weight excluding hydrogens is 395 g/mol. The molecular formula is C25H25FN2O3. The SMILES string of the molecule is N#CCc1ccc(C(=O)C2CC3CCCC(C2)N3C(=O)OCc2ccccc2)c(F)c1. The number of halogens is 1. The Kier molecular flexibility index (Phi) is 6.31. The molecule has 1 amide bonds. The van der Waals surface area contributed by atoms with Crippen LogP contribution < -0.4 is 0 Å². The van der Waals surface area contributed by atoms with Crippen LogP contribution in [0.1, 0.15) is 53.6 Å². The Hall–Kier alpha value is -3.20. The van der Waals surface area contributed by atoms with E-state index in [2.05, 4.69) is 0 Å². The Bertz CT molecular complexity index is 988. The van der Waals surface area contributed by atoms with Crippen LogP contribution in [-0.4, -0.2) is 28.9 Å². The van der Waals surface area contributed by atoms with Crippen molar-refractivity contribution in [3.05, 3.63) is 71.0 Å². The Morgan fingerprint density at radius 2 is 1.77 bits per heavy atom. The van der Waals surface area contributed by atoms with Gasteiger partial charge in [0.05, 0.1) is 18.1 Å². The number of nitriles is 1. The molecule has 0 N–H and O–H groups in total. The second kappa shape index (κ2) is 9.30. The fourth-order valence-corrected chi connectivity index (χ4v) is 4.87. The van der Waals surface area contributed by atoms with Gasteiger partial charge in [0.15, 0.2) is 5.78 Å². The summed E-state index contributed by atoms with van der Waals surface area (Å²) in [6.45, 7) is 0.220. The van der Waals surface area contributed by atoms with Crippen molar-refractivity contribution < 1.29 is 18.7 Å². The summed E-state index contributed by atoms with van der Waals surface area (Å²) in [5.74, 6) is -1.10. The van der Waals surface area contributed by atoms with Gasteiger partial charge in [-0.2, -0.15) is 5.26 Å². The van der Waals surface area contributed by atoms with Crippen LogP contribution in [0.3, 0.4) is 0 Å². The molecule has 2 aromatic carbocycles. The number of amides is 1. The van der Waals surface area contributed by atoms with Gasteiger partial charge in [0.1, 0.15) is 12.4 Å². The highest BCUT2D eigenvalue weighted by Gasteiger charge is 2.44. The zero-order chi connectivity index (χ0) is 21.8. The number of hydrogen-bond acceptors (Lipinski definition) is 4. The maximum Gasteiger partial charge on any atom is 0.410 e. The molecule has 5 nitrogen and oxygen atoms in total. The van der Waals surface area contributed by atoms with E-state index in [1.165, 1.54) is 12.1 Å². The summed E-state index contributed by atoms with van der Waals surface area (Å²) in [7, 11) is 0. The Labute approximate surface area is 181 Å². The van der Waals surface area contributed by atoms with Gasteiger partial charge in [-0.1, -0.05) is 36.4 Å². The Balaban J connectivity index is 1.44. The fraction of sp³-hybridized carbons (Fsp3) is 0.400. The highest BCUT2D eigenvalue weighted by atomic mass is 19.1. The van der Waals surface area contributed by atoms with Gasteiger partial charge < -0.3 is 9.64 Å². The maximum atomic E-state index is 14.5. The lowest BCUT2D eigenvalue weighted by molar-refractivity contribution is 0.00464. The van der Waals surface area contributed by atoms with Gasteiger partial charge in [-0.25, -0.2) is 9.18 Å². The summed E-state index contributed by atoms with van der Waals surface area (Å²) >= 11 is 0. The average molecular weight is 420 g/mol. The van der Waals surface area contributed by atoms with Crippen molar-refractivity contribution in [2.45, 2.75) is 57.2 Å². The number of benzene rings is 2. The molecule has 160 valence electrons. The second-order valence-corrected chi connectivity index (χ2v) is 8.37. The maximum absolute atomic E-state index is 14.5. The summed E-state index contributed by atoms with van der Waals surface area (Å²) in [5.41, 5.74) is 1.57. The lowest BCUT2D eigenvalue weighted by Gasteiger charge is -2.47. The van der Waals surface area contributed by atoms with Crippen molar-refractivity contribution in [2.24, 2.45) is 5.92 Å². The van der Waals surface area contributed by atoms with Gasteiger partial charge in [-0.3, -0.25) is 4.79 Å². The Morgan fingerprint density at radius 3 is 2.42 bits per heavy atom. The summed E-state index contributed by atoms with van der Waals surface area (Å²) in [6, 6.07) is 15.8. The molecule has 6 heteroatoms. The van der Waals surface area contributed by atoms with E-state index in [0.29, 0.717) is 18.4 Å². The first kappa shape index (κ1) is 21.0. The molecule has 31 heavy (non-hydrogen) atoms. The minimum Gasteiger partial charge on any atom is -0.445 e. The molecule has 0 spiro atoms. The fourth-order valence-electron chi connectivity index (χ4n) is 4.87. The van der Waals surface area contributed by atoms with Crippen LogP contribution in [0.5, 0.6) is 0 Å². The molecule has 2 unspecified atom stereocenters. The number of ether oxygens (including phenoxy) is 1. The number of nitrogens with zero attached hydrogens (tertiary/aromatic N) is 2. The average Bonchev–Trinajstić information content (AvgIpc) is 2.77. The van der Waals surface area contributed by atoms with Crippen molar-refractivity contribution >= 4 is 11.9 Å². The Morgan fingerprint density at radius 1 is 1.06 bits per heavy atom. The zero-order valence-corrected chi connectivity index (χ0v) is 17.3. The van der Waals surface area contributed by atoms with Crippen molar-refractivity contribution in [3.63, 3.8) is 0 Å². The summed E-state index contributed by atoms with van der Waals surface area (Å²) in [5, 5.41) is 8.78. The molecule has 2 fully saturated rings. The standard InChI is InChI=1S/C25H25FN2O3/c26-23-13-17(11-12-27)9-10-22(23)24(29)19-14-20-7-4-8-21(15-19)28(20)25(30)31-16-18-5-2-1-3-6-18/h1-3,5-6,9-10,13,19-21H,4,7-8,11,14-16H2. The van der Waals surface area contributed by atoms with Crippen molar-refractivity contribution in [1.82, 2.24) is 4.90 Å². The minimum atomic E-state index is -0.576. The van der Waals surface area contributed by atoms with Crippen molar-refractivity contribution in [2.75, 3.05) is 0 Å². The molecule has 2 aliphatic heterocycles. The summed E-state index contributed by atoms with van der Waals surface area (Å²) in [4.78, 5) is 27.7.